The molecule has 1 heterocycles. The van der Waals surface area contributed by atoms with E-state index < -0.39 is 0 Å². The van der Waals surface area contributed by atoms with Crippen molar-refractivity contribution in [3.05, 3.63) is 46.5 Å². The lowest BCUT2D eigenvalue weighted by Crippen LogP contribution is -1.99. The molecule has 0 unspecified atom stereocenters. The Morgan fingerprint density at radius 3 is 2.13 bits per heavy atom. The predicted molar refractivity (Wildman–Crippen MR) is 124 cm³/mol. The third-order valence-corrected chi connectivity index (χ3v) is 6.00. The smallest absolute Gasteiger partial charge is 0.311 e. The highest BCUT2D eigenvalue weighted by atomic mass is 16.6. The van der Waals surface area contributed by atoms with Gasteiger partial charge in [0.1, 0.15) is 0 Å². The summed E-state index contributed by atoms with van der Waals surface area (Å²) in [5, 5.41) is 13.4. The summed E-state index contributed by atoms with van der Waals surface area (Å²) >= 11 is 0. The van der Waals surface area contributed by atoms with Crippen LogP contribution >= 0.6 is 0 Å². The molecular weight excluding hydrogens is 376 g/mol. The lowest BCUT2D eigenvalue weighted by Gasteiger charge is -2.09. The molecule has 162 valence electrons. The minimum atomic E-state index is -0.368. The van der Waals surface area contributed by atoms with Crippen molar-refractivity contribution in [1.82, 2.24) is 4.57 Å². The van der Waals surface area contributed by atoms with Crippen molar-refractivity contribution in [1.29, 1.82) is 0 Å². The number of aryl methyl sites for hydroxylation is 1. The average molecular weight is 411 g/mol. The van der Waals surface area contributed by atoms with Crippen LogP contribution in [0.1, 0.15) is 71.1 Å². The Morgan fingerprint density at radius 2 is 1.50 bits per heavy atom. The number of nitrogens with zero attached hydrogens (tertiary/aromatic N) is 2. The lowest BCUT2D eigenvalue weighted by atomic mass is 10.1. The van der Waals surface area contributed by atoms with E-state index in [9.17, 15) is 10.1 Å². The highest BCUT2D eigenvalue weighted by molar-refractivity contribution is 6.09. The van der Waals surface area contributed by atoms with Gasteiger partial charge in [-0.15, -0.1) is 0 Å². The number of nitro groups is 1. The van der Waals surface area contributed by atoms with E-state index in [-0.39, 0.29) is 10.6 Å². The van der Waals surface area contributed by atoms with E-state index in [0.717, 1.165) is 34.8 Å². The third-order valence-electron chi connectivity index (χ3n) is 6.00. The van der Waals surface area contributed by atoms with Gasteiger partial charge in [-0.2, -0.15) is 0 Å². The number of methoxy groups -OCH3 is 1. The van der Waals surface area contributed by atoms with E-state index in [1.807, 2.05) is 24.3 Å². The van der Waals surface area contributed by atoms with Crippen molar-refractivity contribution in [3.63, 3.8) is 0 Å². The van der Waals surface area contributed by atoms with Crippen LogP contribution < -0.4 is 4.74 Å². The van der Waals surface area contributed by atoms with E-state index in [2.05, 4.69) is 17.6 Å². The van der Waals surface area contributed by atoms with Gasteiger partial charge in [0, 0.05) is 35.0 Å². The number of nitro benzene ring substituents is 1. The molecule has 5 heteroatoms. The maximum atomic E-state index is 11.5. The van der Waals surface area contributed by atoms with Crippen LogP contribution in [-0.2, 0) is 6.54 Å². The molecule has 0 aliphatic heterocycles. The highest BCUT2D eigenvalue weighted by Crippen LogP contribution is 2.37. The number of hydrogen-bond acceptors (Lipinski definition) is 3. The fourth-order valence-electron chi connectivity index (χ4n) is 4.37. The minimum Gasteiger partial charge on any atom is -0.490 e. The Bertz CT molecular complexity index is 977. The Hall–Kier alpha value is -2.56. The molecule has 0 fully saturated rings. The number of aromatic nitrogens is 1. The zero-order valence-corrected chi connectivity index (χ0v) is 18.4. The van der Waals surface area contributed by atoms with Crippen molar-refractivity contribution >= 4 is 27.5 Å². The summed E-state index contributed by atoms with van der Waals surface area (Å²) in [6.07, 6.45) is 13.1. The first-order valence-corrected chi connectivity index (χ1v) is 11.4. The van der Waals surface area contributed by atoms with E-state index in [0.29, 0.717) is 5.75 Å². The molecule has 0 atom stereocenters. The molecule has 1 aromatic heterocycles. The normalized spacial score (nSPS) is 11.4. The number of unbranched alkanes of at least 4 members (excludes halogenated alkanes) is 9. The van der Waals surface area contributed by atoms with Crippen molar-refractivity contribution in [3.8, 4) is 5.75 Å². The van der Waals surface area contributed by atoms with Crippen LogP contribution in [0, 0.1) is 10.1 Å². The first kappa shape index (κ1) is 22.1. The van der Waals surface area contributed by atoms with Crippen molar-refractivity contribution in [2.75, 3.05) is 7.11 Å². The predicted octanol–water partition coefficient (Wildman–Crippen LogP) is 7.63. The van der Waals surface area contributed by atoms with Crippen molar-refractivity contribution in [2.45, 2.75) is 77.7 Å². The van der Waals surface area contributed by atoms with E-state index in [1.165, 1.54) is 64.9 Å². The Kier molecular flexibility index (Phi) is 8.12. The van der Waals surface area contributed by atoms with Crippen LogP contribution in [0.2, 0.25) is 0 Å². The molecule has 0 radical (unpaired) electrons. The second-order valence-electron chi connectivity index (χ2n) is 8.15. The van der Waals surface area contributed by atoms with Gasteiger partial charge in [-0.3, -0.25) is 10.1 Å². The maximum Gasteiger partial charge on any atom is 0.311 e. The molecule has 2 aromatic carbocycles. The summed E-state index contributed by atoms with van der Waals surface area (Å²) in [4.78, 5) is 11.1. The van der Waals surface area contributed by atoms with Gasteiger partial charge in [-0.05, 0) is 12.5 Å². The quantitative estimate of drug-likeness (QED) is 0.165. The SMILES string of the molecule is CCCCCCCCCCCCn1c2ccccc2c2cc([N+](=O)[O-])c(OC)cc21. The van der Waals surface area contributed by atoms with E-state index >= 15 is 0 Å². The monoisotopic (exact) mass is 410 g/mol. The molecular formula is C25H34N2O3. The molecule has 0 amide bonds. The minimum absolute atomic E-state index is 0.0202. The van der Waals surface area contributed by atoms with Gasteiger partial charge < -0.3 is 9.30 Å². The van der Waals surface area contributed by atoms with Crippen molar-refractivity contribution in [2.24, 2.45) is 0 Å². The molecule has 3 aromatic rings. The molecule has 5 nitrogen and oxygen atoms in total. The summed E-state index contributed by atoms with van der Waals surface area (Å²) < 4.78 is 7.61. The van der Waals surface area contributed by atoms with Gasteiger partial charge in [0.25, 0.3) is 0 Å². The fraction of sp³-hybridized carbons (Fsp3) is 0.520. The summed E-state index contributed by atoms with van der Waals surface area (Å²) in [7, 11) is 1.49. The van der Waals surface area contributed by atoms with Crippen LogP contribution in [0.4, 0.5) is 5.69 Å². The van der Waals surface area contributed by atoms with Gasteiger partial charge in [0.15, 0.2) is 5.75 Å². The van der Waals surface area contributed by atoms with Gasteiger partial charge in [-0.25, -0.2) is 0 Å². The largest absolute Gasteiger partial charge is 0.490 e. The lowest BCUT2D eigenvalue weighted by molar-refractivity contribution is -0.385. The van der Waals surface area contributed by atoms with Crippen molar-refractivity contribution < 1.29 is 9.66 Å². The molecule has 0 aliphatic rings. The van der Waals surface area contributed by atoms with Crippen LogP contribution in [0.25, 0.3) is 21.8 Å². The Labute approximate surface area is 179 Å². The second kappa shape index (κ2) is 11.0. The van der Waals surface area contributed by atoms with Gasteiger partial charge in [0.05, 0.1) is 17.5 Å². The second-order valence-corrected chi connectivity index (χ2v) is 8.15. The van der Waals surface area contributed by atoms with Gasteiger partial charge in [-0.1, -0.05) is 82.9 Å². The average Bonchev–Trinajstić information content (AvgIpc) is 3.07. The number of ether oxygens (including phenoxy) is 1. The van der Waals surface area contributed by atoms with Gasteiger partial charge >= 0.3 is 5.69 Å². The molecule has 0 N–H and O–H groups in total. The van der Waals surface area contributed by atoms with Crippen LogP contribution in [0.3, 0.4) is 0 Å². The summed E-state index contributed by atoms with van der Waals surface area (Å²) in [5.41, 5.74) is 2.16. The molecule has 0 spiro atoms. The zero-order chi connectivity index (χ0) is 21.3. The fourth-order valence-corrected chi connectivity index (χ4v) is 4.37. The van der Waals surface area contributed by atoms with Gasteiger partial charge in [0.2, 0.25) is 0 Å². The summed E-state index contributed by atoms with van der Waals surface area (Å²) in [5.74, 6) is 0.319. The highest BCUT2D eigenvalue weighted by Gasteiger charge is 2.20. The standard InChI is InChI=1S/C25H34N2O3/c1-3-4-5-6-7-8-9-10-11-14-17-26-22-16-13-12-15-20(22)21-18-24(27(28)29)25(30-2)19-23(21)26/h12-13,15-16,18-19H,3-11,14,17H2,1-2H3. The first-order chi connectivity index (χ1) is 14.7. The summed E-state index contributed by atoms with van der Waals surface area (Å²) in [6.45, 7) is 3.18. The Morgan fingerprint density at radius 1 is 0.867 bits per heavy atom. The van der Waals surface area contributed by atoms with E-state index in [4.69, 9.17) is 4.74 Å². The molecule has 0 aliphatic carbocycles. The summed E-state index contributed by atoms with van der Waals surface area (Å²) in [6, 6.07) is 11.6. The zero-order valence-electron chi connectivity index (χ0n) is 18.4. The first-order valence-electron chi connectivity index (χ1n) is 11.4. The third kappa shape index (κ3) is 5.13. The number of benzene rings is 2. The topological polar surface area (TPSA) is 57.3 Å². The number of rotatable bonds is 13. The maximum absolute atomic E-state index is 11.5. The Balaban J connectivity index is 1.67. The van der Waals surface area contributed by atoms with E-state index in [1.54, 1.807) is 6.07 Å². The molecule has 0 bridgehead atoms. The van der Waals surface area contributed by atoms with Crippen LogP contribution in [-0.4, -0.2) is 16.6 Å². The number of fused-ring (bicyclic) bond motifs is 3. The number of para-hydroxylation sites is 1. The molecule has 0 saturated heterocycles. The van der Waals surface area contributed by atoms with Crippen LogP contribution in [0.15, 0.2) is 36.4 Å². The number of hydrogen-bond donors (Lipinski definition) is 0. The molecule has 0 saturated carbocycles. The van der Waals surface area contributed by atoms with Crippen LogP contribution in [0.5, 0.6) is 5.75 Å². The molecule has 3 rings (SSSR count). The molecule has 30 heavy (non-hydrogen) atoms.